The summed E-state index contributed by atoms with van der Waals surface area (Å²) in [5.74, 6) is -3.29. The molecule has 1 unspecified atom stereocenters. The normalized spacial score (nSPS) is 18.6. The minimum atomic E-state index is -4.80. The Kier molecular flexibility index (Phi) is 4.90. The van der Waals surface area contributed by atoms with Gasteiger partial charge >= 0.3 is 12.1 Å². The molecule has 23 heavy (non-hydrogen) atoms. The summed E-state index contributed by atoms with van der Waals surface area (Å²) in [4.78, 5) is 35.1. The van der Waals surface area contributed by atoms with E-state index in [-0.39, 0.29) is 11.4 Å². The van der Waals surface area contributed by atoms with Gasteiger partial charge in [0.05, 0.1) is 22.3 Å². The summed E-state index contributed by atoms with van der Waals surface area (Å²) in [7, 11) is 0. The van der Waals surface area contributed by atoms with Crippen molar-refractivity contribution in [2.75, 3.05) is 10.7 Å². The third kappa shape index (κ3) is 3.78. The summed E-state index contributed by atoms with van der Waals surface area (Å²) >= 11 is 6.26. The zero-order chi connectivity index (χ0) is 17.4. The first-order valence-electron chi connectivity index (χ1n) is 6.18. The molecule has 1 heterocycles. The van der Waals surface area contributed by atoms with Crippen LogP contribution >= 0.6 is 23.4 Å². The van der Waals surface area contributed by atoms with E-state index in [2.05, 4.69) is 0 Å². The molecule has 1 aromatic carbocycles. The Morgan fingerprint density at radius 3 is 2.61 bits per heavy atom. The van der Waals surface area contributed by atoms with Gasteiger partial charge in [0, 0.05) is 11.4 Å². The van der Waals surface area contributed by atoms with Crippen LogP contribution in [0.15, 0.2) is 18.2 Å². The third-order valence-corrected chi connectivity index (χ3v) is 4.44. The fourth-order valence-corrected chi connectivity index (χ4v) is 3.11. The van der Waals surface area contributed by atoms with Gasteiger partial charge in [0.2, 0.25) is 11.8 Å². The third-order valence-electron chi connectivity index (χ3n) is 3.02. The highest BCUT2D eigenvalue weighted by atomic mass is 35.5. The fourth-order valence-electron chi connectivity index (χ4n) is 2.09. The fraction of sp³-hybridized carbons (Fsp3) is 0.308. The highest BCUT2D eigenvalue weighted by Gasteiger charge is 2.44. The number of rotatable bonds is 4. The molecule has 2 amide bonds. The van der Waals surface area contributed by atoms with Gasteiger partial charge in [-0.1, -0.05) is 11.6 Å². The predicted molar refractivity (Wildman–Crippen MR) is 77.4 cm³/mol. The lowest BCUT2D eigenvalue weighted by Gasteiger charge is -2.20. The maximum absolute atomic E-state index is 13.1. The molecule has 1 saturated heterocycles. The molecule has 5 nitrogen and oxygen atoms in total. The summed E-state index contributed by atoms with van der Waals surface area (Å²) in [5, 5.41) is 7.39. The molecule has 2 rings (SSSR count). The van der Waals surface area contributed by atoms with Crippen molar-refractivity contribution >= 4 is 46.8 Å². The lowest BCUT2D eigenvalue weighted by molar-refractivity contribution is -0.137. The molecular weight excluding hydrogens is 359 g/mol. The van der Waals surface area contributed by atoms with Crippen LogP contribution in [-0.4, -0.2) is 33.9 Å². The molecule has 0 aliphatic carbocycles. The number of carbonyl (C=O) groups is 3. The van der Waals surface area contributed by atoms with Gasteiger partial charge < -0.3 is 5.11 Å². The number of nitrogens with zero attached hydrogens (tertiary/aromatic N) is 1. The summed E-state index contributed by atoms with van der Waals surface area (Å²) in [6.07, 6.45) is -5.15. The van der Waals surface area contributed by atoms with Gasteiger partial charge in [-0.2, -0.15) is 13.2 Å². The van der Waals surface area contributed by atoms with Crippen LogP contribution in [0.5, 0.6) is 0 Å². The van der Waals surface area contributed by atoms with E-state index in [1.54, 1.807) is 0 Å². The molecule has 1 aliphatic rings. The van der Waals surface area contributed by atoms with Crippen LogP contribution in [0.1, 0.15) is 12.0 Å². The van der Waals surface area contributed by atoms with Crippen LogP contribution in [0.4, 0.5) is 18.9 Å². The predicted octanol–water partition coefficient (Wildman–Crippen LogP) is 2.81. The van der Waals surface area contributed by atoms with Crippen molar-refractivity contribution in [2.45, 2.75) is 17.8 Å². The van der Waals surface area contributed by atoms with Gasteiger partial charge in [0.25, 0.3) is 0 Å². The van der Waals surface area contributed by atoms with E-state index in [9.17, 15) is 27.6 Å². The topological polar surface area (TPSA) is 74.7 Å². The van der Waals surface area contributed by atoms with E-state index in [1.165, 1.54) is 0 Å². The first-order chi connectivity index (χ1) is 10.6. The lowest BCUT2D eigenvalue weighted by Crippen LogP contribution is -2.33. The maximum Gasteiger partial charge on any atom is 0.418 e. The van der Waals surface area contributed by atoms with Crippen LogP contribution in [-0.2, 0) is 20.6 Å². The van der Waals surface area contributed by atoms with Crippen molar-refractivity contribution in [3.05, 3.63) is 28.8 Å². The summed E-state index contributed by atoms with van der Waals surface area (Å²) in [6.45, 7) is 0. The number of anilines is 1. The van der Waals surface area contributed by atoms with Crippen molar-refractivity contribution in [2.24, 2.45) is 0 Å². The number of aliphatic carboxylic acids is 1. The summed E-state index contributed by atoms with van der Waals surface area (Å²) in [5.41, 5.74) is -1.80. The van der Waals surface area contributed by atoms with Crippen LogP contribution in [0, 0.1) is 0 Å². The second kappa shape index (κ2) is 6.40. The molecule has 10 heteroatoms. The first kappa shape index (κ1) is 17.6. The van der Waals surface area contributed by atoms with Crippen molar-refractivity contribution < 1.29 is 32.7 Å². The Balaban J connectivity index is 2.37. The van der Waals surface area contributed by atoms with Gasteiger partial charge in [-0.15, -0.1) is 11.8 Å². The average Bonchev–Trinajstić information content (AvgIpc) is 2.70. The highest BCUT2D eigenvalue weighted by Crippen LogP contribution is 2.40. The molecule has 0 radical (unpaired) electrons. The highest BCUT2D eigenvalue weighted by molar-refractivity contribution is 8.01. The van der Waals surface area contributed by atoms with E-state index >= 15 is 0 Å². The van der Waals surface area contributed by atoms with Gasteiger partial charge in [0.15, 0.2) is 0 Å². The second-order valence-corrected chi connectivity index (χ2v) is 6.25. The summed E-state index contributed by atoms with van der Waals surface area (Å²) in [6, 6.07) is 2.73. The SMILES string of the molecule is O=C(O)CSC1CC(=O)N(c2ccc(Cl)cc2C(F)(F)F)C1=O. The van der Waals surface area contributed by atoms with E-state index in [1.807, 2.05) is 0 Å². The molecule has 1 aliphatic heterocycles. The van der Waals surface area contributed by atoms with E-state index in [0.29, 0.717) is 22.7 Å². The van der Waals surface area contributed by atoms with Crippen molar-refractivity contribution in [1.29, 1.82) is 0 Å². The van der Waals surface area contributed by atoms with Crippen LogP contribution in [0.25, 0.3) is 0 Å². The van der Waals surface area contributed by atoms with Gasteiger partial charge in [-0.3, -0.25) is 14.4 Å². The van der Waals surface area contributed by atoms with Gasteiger partial charge in [-0.25, -0.2) is 4.90 Å². The molecule has 1 atom stereocenters. The molecule has 0 saturated carbocycles. The number of thioether (sulfide) groups is 1. The quantitative estimate of drug-likeness (QED) is 0.828. The first-order valence-corrected chi connectivity index (χ1v) is 7.61. The number of alkyl halides is 3. The number of carboxylic acids is 1. The molecule has 0 bridgehead atoms. The number of hydrogen-bond acceptors (Lipinski definition) is 4. The molecule has 124 valence electrons. The van der Waals surface area contributed by atoms with Gasteiger partial charge in [-0.05, 0) is 18.2 Å². The molecule has 0 aromatic heterocycles. The zero-order valence-corrected chi connectivity index (χ0v) is 12.8. The van der Waals surface area contributed by atoms with E-state index in [4.69, 9.17) is 16.7 Å². The maximum atomic E-state index is 13.1. The Labute approximate surface area is 137 Å². The van der Waals surface area contributed by atoms with Gasteiger partial charge in [0.1, 0.15) is 0 Å². The number of carboxylic acid groups (broad SMARTS) is 1. The van der Waals surface area contributed by atoms with Crippen LogP contribution in [0.3, 0.4) is 0 Å². The van der Waals surface area contributed by atoms with Crippen molar-refractivity contribution in [3.63, 3.8) is 0 Å². The van der Waals surface area contributed by atoms with E-state index in [0.717, 1.165) is 12.1 Å². The standard InChI is InChI=1S/C13H9ClF3NO4S/c14-6-1-2-8(7(3-6)13(15,16)17)18-10(19)4-9(12(18)22)23-5-11(20)21/h1-3,9H,4-5H2,(H,20,21). The van der Waals surface area contributed by atoms with E-state index < -0.39 is 46.2 Å². The molecule has 1 N–H and O–H groups in total. The van der Waals surface area contributed by atoms with Crippen LogP contribution < -0.4 is 4.90 Å². The zero-order valence-electron chi connectivity index (χ0n) is 11.3. The lowest BCUT2D eigenvalue weighted by atomic mass is 10.1. The smallest absolute Gasteiger partial charge is 0.418 e. The monoisotopic (exact) mass is 367 g/mol. The minimum absolute atomic E-state index is 0.183. The Bertz CT molecular complexity index is 680. The average molecular weight is 368 g/mol. The van der Waals surface area contributed by atoms with Crippen molar-refractivity contribution in [1.82, 2.24) is 0 Å². The minimum Gasteiger partial charge on any atom is -0.481 e. The molecule has 0 spiro atoms. The Hall–Kier alpha value is -1.74. The number of halogens is 4. The number of imide groups is 1. The number of benzene rings is 1. The Morgan fingerprint density at radius 2 is 2.04 bits per heavy atom. The molecule has 1 fully saturated rings. The number of hydrogen-bond donors (Lipinski definition) is 1. The Morgan fingerprint density at radius 1 is 1.39 bits per heavy atom. The van der Waals surface area contributed by atoms with Crippen LogP contribution in [0.2, 0.25) is 5.02 Å². The second-order valence-electron chi connectivity index (χ2n) is 4.62. The largest absolute Gasteiger partial charge is 0.481 e. The molecular formula is C13H9ClF3NO4S. The molecule has 1 aromatic rings. The number of carbonyl (C=O) groups excluding carboxylic acids is 2. The van der Waals surface area contributed by atoms with Crippen molar-refractivity contribution in [3.8, 4) is 0 Å². The summed E-state index contributed by atoms with van der Waals surface area (Å²) < 4.78 is 39.3. The number of amides is 2.